The molecule has 0 aliphatic rings. The summed E-state index contributed by atoms with van der Waals surface area (Å²) in [5.41, 5.74) is 0.735. The fourth-order valence-electron chi connectivity index (χ4n) is 1.01. The summed E-state index contributed by atoms with van der Waals surface area (Å²) in [6, 6.07) is 0. The first kappa shape index (κ1) is 12.6. The molecule has 15 heavy (non-hydrogen) atoms. The van der Waals surface area contributed by atoms with E-state index in [1.54, 1.807) is 18.4 Å². The van der Waals surface area contributed by atoms with Gasteiger partial charge in [-0.25, -0.2) is 4.98 Å². The number of aromatic nitrogens is 1. The summed E-state index contributed by atoms with van der Waals surface area (Å²) in [5, 5.41) is 15.3. The monoisotopic (exact) mass is 230 g/mol. The molecule has 5 heteroatoms. The normalized spacial score (nSPS) is 12.0. The van der Waals surface area contributed by atoms with E-state index in [1.807, 2.05) is 19.2 Å². The first-order valence-corrected chi connectivity index (χ1v) is 5.73. The minimum Gasteiger partial charge on any atom is -0.394 e. The van der Waals surface area contributed by atoms with Gasteiger partial charge >= 0.3 is 0 Å². The van der Waals surface area contributed by atoms with Crippen LogP contribution in [0.25, 0.3) is 0 Å². The molecule has 0 spiro atoms. The fourth-order valence-corrected chi connectivity index (χ4v) is 1.77. The molecule has 1 aromatic heterocycles. The quantitative estimate of drug-likeness (QED) is 0.770. The lowest BCUT2D eigenvalue weighted by molar-refractivity contribution is 0.183. The van der Waals surface area contributed by atoms with E-state index in [2.05, 4.69) is 10.3 Å². The Labute approximate surface area is 94.3 Å². The number of nitrogens with zero attached hydrogens (tertiary/aromatic N) is 1. The zero-order chi connectivity index (χ0) is 11.3. The summed E-state index contributed by atoms with van der Waals surface area (Å²) >= 11 is 1.59. The van der Waals surface area contributed by atoms with Crippen molar-refractivity contribution in [2.75, 3.05) is 13.7 Å². The number of aliphatic hydroxyl groups excluding tert-OH is 1. The molecular formula is C10H18N2O2S. The lowest BCUT2D eigenvalue weighted by atomic mass is 10.1. The van der Waals surface area contributed by atoms with E-state index < -0.39 is 0 Å². The zero-order valence-corrected chi connectivity index (χ0v) is 10.2. The Morgan fingerprint density at radius 1 is 1.60 bits per heavy atom. The third-order valence-electron chi connectivity index (χ3n) is 2.01. The average Bonchev–Trinajstić information content (AvgIpc) is 2.64. The van der Waals surface area contributed by atoms with Crippen molar-refractivity contribution in [2.24, 2.45) is 0 Å². The molecular weight excluding hydrogens is 212 g/mol. The van der Waals surface area contributed by atoms with Crippen molar-refractivity contribution in [1.29, 1.82) is 0 Å². The van der Waals surface area contributed by atoms with Gasteiger partial charge in [-0.2, -0.15) is 0 Å². The highest BCUT2D eigenvalue weighted by atomic mass is 32.1. The number of nitrogens with one attached hydrogen (secondary N) is 1. The van der Waals surface area contributed by atoms with Crippen LogP contribution in [0, 0.1) is 0 Å². The highest BCUT2D eigenvalue weighted by Gasteiger charge is 2.15. The summed E-state index contributed by atoms with van der Waals surface area (Å²) in [6.07, 6.45) is 0. The highest BCUT2D eigenvalue weighted by Crippen LogP contribution is 2.11. The van der Waals surface area contributed by atoms with Gasteiger partial charge in [0.05, 0.1) is 18.9 Å². The SMILES string of the molecule is COCc1nc(CNC(C)(C)CO)cs1. The second-order valence-corrected chi connectivity index (χ2v) is 5.00. The summed E-state index contributed by atoms with van der Waals surface area (Å²) in [5.74, 6) is 0. The molecule has 0 unspecified atom stereocenters. The molecule has 0 saturated heterocycles. The molecule has 0 aliphatic carbocycles. The van der Waals surface area contributed by atoms with Crippen molar-refractivity contribution >= 4 is 11.3 Å². The fraction of sp³-hybridized carbons (Fsp3) is 0.700. The van der Waals surface area contributed by atoms with Gasteiger partial charge in [0.1, 0.15) is 5.01 Å². The van der Waals surface area contributed by atoms with Crippen LogP contribution in [0.2, 0.25) is 0 Å². The van der Waals surface area contributed by atoms with Gasteiger partial charge in [0.15, 0.2) is 0 Å². The van der Waals surface area contributed by atoms with Gasteiger partial charge in [-0.05, 0) is 13.8 Å². The lowest BCUT2D eigenvalue weighted by Gasteiger charge is -2.22. The van der Waals surface area contributed by atoms with Gasteiger partial charge in [-0.1, -0.05) is 0 Å². The Morgan fingerprint density at radius 2 is 2.33 bits per heavy atom. The molecule has 1 heterocycles. The second kappa shape index (κ2) is 5.55. The van der Waals surface area contributed by atoms with Crippen LogP contribution < -0.4 is 5.32 Å². The van der Waals surface area contributed by atoms with Crippen molar-refractivity contribution < 1.29 is 9.84 Å². The van der Waals surface area contributed by atoms with Crippen molar-refractivity contribution in [3.8, 4) is 0 Å². The number of methoxy groups -OCH3 is 1. The topological polar surface area (TPSA) is 54.4 Å². The van der Waals surface area contributed by atoms with Crippen LogP contribution in [0.15, 0.2) is 5.38 Å². The van der Waals surface area contributed by atoms with Crippen LogP contribution in [-0.4, -0.2) is 29.3 Å². The molecule has 1 aromatic rings. The Kier molecular flexibility index (Phi) is 4.66. The Balaban J connectivity index is 2.44. The third kappa shape index (κ3) is 4.25. The predicted octanol–water partition coefficient (Wildman–Crippen LogP) is 1.15. The molecule has 0 bridgehead atoms. The van der Waals surface area contributed by atoms with Gasteiger partial charge in [-0.3, -0.25) is 0 Å². The van der Waals surface area contributed by atoms with E-state index >= 15 is 0 Å². The molecule has 0 radical (unpaired) electrons. The summed E-state index contributed by atoms with van der Waals surface area (Å²) in [7, 11) is 1.66. The largest absolute Gasteiger partial charge is 0.394 e. The molecule has 0 atom stereocenters. The van der Waals surface area contributed by atoms with Crippen LogP contribution in [0.1, 0.15) is 24.5 Å². The van der Waals surface area contributed by atoms with Crippen LogP contribution in [0.4, 0.5) is 0 Å². The Hall–Kier alpha value is -0.490. The standard InChI is InChI=1S/C10H18N2O2S/c1-10(2,7-13)11-4-8-6-15-9(12-8)5-14-3/h6,11,13H,4-5,7H2,1-3H3. The van der Waals surface area contributed by atoms with E-state index in [9.17, 15) is 0 Å². The predicted molar refractivity (Wildman–Crippen MR) is 60.8 cm³/mol. The maximum Gasteiger partial charge on any atom is 0.119 e. The van der Waals surface area contributed by atoms with Crippen molar-refractivity contribution in [3.05, 3.63) is 16.1 Å². The number of hydrogen-bond donors (Lipinski definition) is 2. The van der Waals surface area contributed by atoms with E-state index in [4.69, 9.17) is 9.84 Å². The molecule has 0 aromatic carbocycles. The minimum atomic E-state index is -0.259. The van der Waals surface area contributed by atoms with Crippen LogP contribution in [0.5, 0.6) is 0 Å². The van der Waals surface area contributed by atoms with E-state index in [0.717, 1.165) is 10.7 Å². The maximum absolute atomic E-state index is 9.06. The highest BCUT2D eigenvalue weighted by molar-refractivity contribution is 7.09. The van der Waals surface area contributed by atoms with E-state index in [-0.39, 0.29) is 12.1 Å². The number of ether oxygens (including phenoxy) is 1. The van der Waals surface area contributed by atoms with Crippen molar-refractivity contribution in [1.82, 2.24) is 10.3 Å². The molecule has 2 N–H and O–H groups in total. The van der Waals surface area contributed by atoms with Crippen molar-refractivity contribution in [2.45, 2.75) is 32.5 Å². The second-order valence-electron chi connectivity index (χ2n) is 4.06. The van der Waals surface area contributed by atoms with Gasteiger partial charge in [0.25, 0.3) is 0 Å². The molecule has 0 fully saturated rings. The lowest BCUT2D eigenvalue weighted by Crippen LogP contribution is -2.42. The number of aliphatic hydroxyl groups is 1. The molecule has 1 rings (SSSR count). The van der Waals surface area contributed by atoms with Gasteiger partial charge in [-0.15, -0.1) is 11.3 Å². The zero-order valence-electron chi connectivity index (χ0n) is 9.41. The van der Waals surface area contributed by atoms with Crippen LogP contribution in [-0.2, 0) is 17.9 Å². The Morgan fingerprint density at radius 3 is 2.93 bits per heavy atom. The number of rotatable bonds is 6. The number of hydrogen-bond acceptors (Lipinski definition) is 5. The minimum absolute atomic E-state index is 0.113. The number of thiazole rings is 1. The van der Waals surface area contributed by atoms with Crippen LogP contribution >= 0.6 is 11.3 Å². The van der Waals surface area contributed by atoms with Crippen molar-refractivity contribution in [3.63, 3.8) is 0 Å². The van der Waals surface area contributed by atoms with Gasteiger partial charge in [0, 0.05) is 24.6 Å². The van der Waals surface area contributed by atoms with Crippen LogP contribution in [0.3, 0.4) is 0 Å². The first-order valence-electron chi connectivity index (χ1n) is 4.85. The Bertz CT molecular complexity index is 299. The van der Waals surface area contributed by atoms with E-state index in [1.165, 1.54) is 0 Å². The molecule has 0 aliphatic heterocycles. The molecule has 4 nitrogen and oxygen atoms in total. The molecule has 86 valence electrons. The average molecular weight is 230 g/mol. The maximum atomic E-state index is 9.06. The third-order valence-corrected chi connectivity index (χ3v) is 2.88. The summed E-state index contributed by atoms with van der Waals surface area (Å²) < 4.78 is 5.00. The van der Waals surface area contributed by atoms with E-state index in [0.29, 0.717) is 13.2 Å². The van der Waals surface area contributed by atoms with Gasteiger partial charge < -0.3 is 15.2 Å². The smallest absolute Gasteiger partial charge is 0.119 e. The molecule has 0 saturated carbocycles. The summed E-state index contributed by atoms with van der Waals surface area (Å²) in [6.45, 7) is 5.26. The summed E-state index contributed by atoms with van der Waals surface area (Å²) in [4.78, 5) is 4.39. The molecule has 0 amide bonds. The first-order chi connectivity index (χ1) is 7.07. The van der Waals surface area contributed by atoms with Gasteiger partial charge in [0.2, 0.25) is 0 Å².